The molecule has 0 bridgehead atoms. The molecule has 0 amide bonds. The predicted octanol–water partition coefficient (Wildman–Crippen LogP) is 2.68. The van der Waals surface area contributed by atoms with E-state index in [0.29, 0.717) is 11.6 Å². The molecule has 0 spiro atoms. The van der Waals surface area contributed by atoms with E-state index in [9.17, 15) is 5.26 Å². The Morgan fingerprint density at radius 3 is 3.09 bits per heavy atom. The van der Waals surface area contributed by atoms with Gasteiger partial charge >= 0.3 is 0 Å². The van der Waals surface area contributed by atoms with Gasteiger partial charge in [-0.1, -0.05) is 6.08 Å². The van der Waals surface area contributed by atoms with Gasteiger partial charge in [-0.25, -0.2) is 0 Å². The summed E-state index contributed by atoms with van der Waals surface area (Å²) in [5.41, 5.74) is 8.12. The van der Waals surface area contributed by atoms with Crippen LogP contribution in [0.2, 0.25) is 0 Å². The number of fused-ring (bicyclic) bond motifs is 3. The maximum Gasteiger partial charge on any atom is 0.101 e. The predicted molar refractivity (Wildman–Crippen MR) is 133 cm³/mol. The molecule has 174 valence electrons. The highest BCUT2D eigenvalue weighted by Crippen LogP contribution is 2.40. The van der Waals surface area contributed by atoms with Crippen LogP contribution in [0.1, 0.15) is 18.9 Å². The van der Waals surface area contributed by atoms with Gasteiger partial charge in [0, 0.05) is 67.4 Å². The van der Waals surface area contributed by atoms with Crippen LogP contribution in [0.15, 0.2) is 65.2 Å². The number of nitrogens with one attached hydrogen (secondary N) is 2. The standard InChI is InChI=1S/C27H30N6O/c1-18-15-32(25-7-4-19(12-28)27-24(25)3-2-8-30-27)17-26-23-6-5-21(11-20(23)16-33(18)26)31-14-22-13-29-9-10-34-22/h2-5,7-8,11,18,22,29,31H,6,9-10,13-17H2,1H3/t18-,22-/m1/s1. The summed E-state index contributed by atoms with van der Waals surface area (Å²) in [5, 5.41) is 17.6. The van der Waals surface area contributed by atoms with E-state index >= 15 is 0 Å². The molecular formula is C27H30N6O. The first-order valence-corrected chi connectivity index (χ1v) is 12.2. The molecule has 34 heavy (non-hydrogen) atoms. The van der Waals surface area contributed by atoms with Crippen molar-refractivity contribution >= 4 is 16.6 Å². The van der Waals surface area contributed by atoms with Crippen molar-refractivity contribution in [3.05, 3.63) is 70.7 Å². The van der Waals surface area contributed by atoms with Crippen LogP contribution in [0.3, 0.4) is 0 Å². The molecule has 2 aromatic rings. The van der Waals surface area contributed by atoms with E-state index in [0.717, 1.165) is 68.9 Å². The fourth-order valence-corrected chi connectivity index (χ4v) is 5.66. The Bertz CT molecular complexity index is 1250. The van der Waals surface area contributed by atoms with Gasteiger partial charge in [-0.2, -0.15) is 5.26 Å². The Hall–Kier alpha value is -3.34. The summed E-state index contributed by atoms with van der Waals surface area (Å²) in [7, 11) is 0. The summed E-state index contributed by atoms with van der Waals surface area (Å²) in [5.74, 6) is 0. The zero-order chi connectivity index (χ0) is 23.1. The molecule has 1 aromatic carbocycles. The quantitative estimate of drug-likeness (QED) is 0.736. The van der Waals surface area contributed by atoms with Gasteiger partial charge in [-0.05, 0) is 54.8 Å². The number of ether oxygens (including phenoxy) is 1. The molecular weight excluding hydrogens is 424 g/mol. The van der Waals surface area contributed by atoms with Crippen molar-refractivity contribution in [1.29, 1.82) is 5.26 Å². The molecule has 2 atom stereocenters. The van der Waals surface area contributed by atoms with Gasteiger partial charge < -0.3 is 25.2 Å². The Balaban J connectivity index is 1.24. The fourth-order valence-electron chi connectivity index (χ4n) is 5.66. The molecule has 2 N–H and O–H groups in total. The minimum Gasteiger partial charge on any atom is -0.383 e. The molecule has 4 aliphatic rings. The number of morpholine rings is 1. The number of rotatable bonds is 4. The van der Waals surface area contributed by atoms with Crippen molar-refractivity contribution in [2.24, 2.45) is 0 Å². The zero-order valence-electron chi connectivity index (χ0n) is 19.6. The van der Waals surface area contributed by atoms with Gasteiger partial charge in [-0.15, -0.1) is 0 Å². The average molecular weight is 455 g/mol. The molecule has 1 aliphatic carbocycles. The Labute approximate surface area is 200 Å². The number of pyridine rings is 1. The van der Waals surface area contributed by atoms with Crippen LogP contribution in [-0.2, 0) is 4.74 Å². The van der Waals surface area contributed by atoms with Gasteiger partial charge in [0.2, 0.25) is 0 Å². The number of aromatic nitrogens is 1. The lowest BCUT2D eigenvalue weighted by Gasteiger charge is -2.42. The van der Waals surface area contributed by atoms with E-state index in [1.54, 1.807) is 6.20 Å². The molecule has 2 saturated heterocycles. The Morgan fingerprint density at radius 1 is 1.29 bits per heavy atom. The smallest absolute Gasteiger partial charge is 0.101 e. The molecule has 2 fully saturated rings. The zero-order valence-corrected chi connectivity index (χ0v) is 19.6. The number of benzene rings is 1. The minimum absolute atomic E-state index is 0.230. The third-order valence-corrected chi connectivity index (χ3v) is 7.38. The molecule has 7 nitrogen and oxygen atoms in total. The second-order valence-corrected chi connectivity index (χ2v) is 9.54. The van der Waals surface area contributed by atoms with Crippen molar-refractivity contribution in [2.45, 2.75) is 25.5 Å². The molecule has 0 unspecified atom stereocenters. The lowest BCUT2D eigenvalue weighted by molar-refractivity contribution is 0.0308. The molecule has 4 heterocycles. The lowest BCUT2D eigenvalue weighted by Crippen LogP contribution is -2.49. The number of hydrogen-bond acceptors (Lipinski definition) is 7. The van der Waals surface area contributed by atoms with Crippen LogP contribution >= 0.6 is 0 Å². The minimum atomic E-state index is 0.230. The highest BCUT2D eigenvalue weighted by Gasteiger charge is 2.36. The normalized spacial score (nSPS) is 24.4. The SMILES string of the molecule is C[C@@H]1CN(c2ccc(C#N)c3ncccc23)CC2=C3CC=C(NC[C@H]4CNCCO4)C=C3CN21. The van der Waals surface area contributed by atoms with E-state index in [1.807, 2.05) is 12.1 Å². The first-order valence-electron chi connectivity index (χ1n) is 12.2. The van der Waals surface area contributed by atoms with Crippen molar-refractivity contribution in [2.75, 3.05) is 50.8 Å². The summed E-state index contributed by atoms with van der Waals surface area (Å²) < 4.78 is 5.83. The number of nitrogens with zero attached hydrogens (tertiary/aromatic N) is 4. The van der Waals surface area contributed by atoms with Crippen LogP contribution < -0.4 is 15.5 Å². The third-order valence-electron chi connectivity index (χ3n) is 7.38. The summed E-state index contributed by atoms with van der Waals surface area (Å²) in [6, 6.07) is 10.7. The number of anilines is 1. The van der Waals surface area contributed by atoms with Crippen LogP contribution in [0.25, 0.3) is 10.9 Å². The first-order chi connectivity index (χ1) is 16.7. The topological polar surface area (TPSA) is 76.5 Å². The van der Waals surface area contributed by atoms with E-state index in [1.165, 1.54) is 22.5 Å². The van der Waals surface area contributed by atoms with Crippen LogP contribution in [0.5, 0.6) is 0 Å². The number of allylic oxidation sites excluding steroid dienone is 2. The largest absolute Gasteiger partial charge is 0.383 e. The van der Waals surface area contributed by atoms with Crippen LogP contribution in [0.4, 0.5) is 5.69 Å². The van der Waals surface area contributed by atoms with Gasteiger partial charge in [0.1, 0.15) is 6.07 Å². The summed E-state index contributed by atoms with van der Waals surface area (Å²) in [4.78, 5) is 9.55. The monoisotopic (exact) mass is 454 g/mol. The van der Waals surface area contributed by atoms with Crippen LogP contribution in [0, 0.1) is 11.3 Å². The lowest BCUT2D eigenvalue weighted by atomic mass is 9.97. The van der Waals surface area contributed by atoms with E-state index in [2.05, 4.69) is 62.7 Å². The Morgan fingerprint density at radius 2 is 2.24 bits per heavy atom. The van der Waals surface area contributed by atoms with Gasteiger partial charge in [0.25, 0.3) is 0 Å². The van der Waals surface area contributed by atoms with Gasteiger partial charge in [0.15, 0.2) is 0 Å². The number of nitriles is 1. The number of piperazine rings is 1. The summed E-state index contributed by atoms with van der Waals surface area (Å²) in [6.07, 6.45) is 7.60. The summed E-state index contributed by atoms with van der Waals surface area (Å²) >= 11 is 0. The van der Waals surface area contributed by atoms with Crippen molar-refractivity contribution in [1.82, 2.24) is 20.5 Å². The third kappa shape index (κ3) is 3.73. The second kappa shape index (κ2) is 8.79. The van der Waals surface area contributed by atoms with Gasteiger partial charge in [0.05, 0.1) is 30.3 Å². The molecule has 7 heteroatoms. The first kappa shape index (κ1) is 21.2. The maximum atomic E-state index is 9.52. The molecule has 0 saturated carbocycles. The summed E-state index contributed by atoms with van der Waals surface area (Å²) in [6.45, 7) is 8.60. The molecule has 1 aromatic heterocycles. The average Bonchev–Trinajstić information content (AvgIpc) is 3.26. The van der Waals surface area contributed by atoms with Crippen molar-refractivity contribution in [3.63, 3.8) is 0 Å². The molecule has 0 radical (unpaired) electrons. The maximum absolute atomic E-state index is 9.52. The van der Waals surface area contributed by atoms with E-state index in [4.69, 9.17) is 4.74 Å². The highest BCUT2D eigenvalue weighted by molar-refractivity contribution is 5.95. The fraction of sp³-hybridized carbons (Fsp3) is 0.407. The van der Waals surface area contributed by atoms with E-state index < -0.39 is 0 Å². The van der Waals surface area contributed by atoms with Gasteiger partial charge in [-0.3, -0.25) is 4.98 Å². The van der Waals surface area contributed by atoms with E-state index in [-0.39, 0.29) is 6.10 Å². The van der Waals surface area contributed by atoms with Crippen molar-refractivity contribution < 1.29 is 4.74 Å². The Kier molecular flexibility index (Phi) is 5.48. The number of hydrogen-bond donors (Lipinski definition) is 2. The molecule has 6 rings (SSSR count). The second-order valence-electron chi connectivity index (χ2n) is 9.54. The van der Waals surface area contributed by atoms with Crippen molar-refractivity contribution in [3.8, 4) is 6.07 Å². The highest BCUT2D eigenvalue weighted by atomic mass is 16.5. The molecule has 3 aliphatic heterocycles. The van der Waals surface area contributed by atoms with Crippen LogP contribution in [-0.4, -0.2) is 67.9 Å².